The smallest absolute Gasteiger partial charge is 0.395 e. The van der Waals surface area contributed by atoms with Crippen molar-refractivity contribution in [1.82, 2.24) is 10.2 Å². The van der Waals surface area contributed by atoms with Crippen molar-refractivity contribution in [2.24, 2.45) is 11.3 Å². The van der Waals surface area contributed by atoms with E-state index in [1.807, 2.05) is 0 Å². The van der Waals surface area contributed by atoms with E-state index in [1.165, 1.54) is 39.1 Å². The third-order valence-electron chi connectivity index (χ3n) is 8.53. The normalized spacial score (nSPS) is 17.8. The quantitative estimate of drug-likeness (QED) is 0.223. The average Bonchev–Trinajstić information content (AvgIpc) is 3.31. The highest BCUT2D eigenvalue weighted by Gasteiger charge is 2.50. The van der Waals surface area contributed by atoms with Crippen molar-refractivity contribution in [2.45, 2.75) is 45.5 Å². The lowest BCUT2D eigenvalue weighted by atomic mass is 9.74. The van der Waals surface area contributed by atoms with Gasteiger partial charge in [-0.1, -0.05) is 24.3 Å². The van der Waals surface area contributed by atoms with E-state index in [4.69, 9.17) is 0 Å². The molecule has 1 saturated heterocycles. The summed E-state index contributed by atoms with van der Waals surface area (Å²) in [5.74, 6) is -2.76. The molecule has 1 unspecified atom stereocenters. The number of alkyl halides is 6. The number of benzene rings is 2. The van der Waals surface area contributed by atoms with Crippen molar-refractivity contribution in [1.29, 1.82) is 0 Å². The molecule has 6 nitrogen and oxygen atoms in total. The first-order valence-corrected chi connectivity index (χ1v) is 14.0. The SMILES string of the molecule is C=C/C(=C(\C=C(/C)C1CNC(=O)C1(CO)CO)c1ccc(F)cc1C)N(C)C(=O)C(C)(C)c1cc(C(F)(F)F)cc(C(F)(F)F)c1. The summed E-state index contributed by atoms with van der Waals surface area (Å²) in [5, 5.41) is 22.8. The zero-order chi connectivity index (χ0) is 35.0. The molecule has 2 aromatic rings. The van der Waals surface area contributed by atoms with Crippen LogP contribution in [0.3, 0.4) is 0 Å². The first-order chi connectivity index (χ1) is 21.1. The molecule has 2 amide bonds. The Bertz CT molecular complexity index is 1550. The van der Waals surface area contributed by atoms with E-state index >= 15 is 0 Å². The summed E-state index contributed by atoms with van der Waals surface area (Å²) in [6, 6.07) is 4.78. The van der Waals surface area contributed by atoms with Crippen LogP contribution in [0.5, 0.6) is 0 Å². The van der Waals surface area contributed by atoms with Crippen LogP contribution in [0.25, 0.3) is 5.57 Å². The van der Waals surface area contributed by atoms with Crippen molar-refractivity contribution in [3.63, 3.8) is 0 Å². The molecule has 1 aliphatic heterocycles. The molecular formula is C33H35F7N2O4. The van der Waals surface area contributed by atoms with Gasteiger partial charge in [-0.05, 0) is 80.8 Å². The van der Waals surface area contributed by atoms with Crippen LogP contribution >= 0.6 is 0 Å². The molecule has 0 saturated carbocycles. The summed E-state index contributed by atoms with van der Waals surface area (Å²) in [5.41, 5.74) is -5.61. The summed E-state index contributed by atoms with van der Waals surface area (Å²) >= 11 is 0. The van der Waals surface area contributed by atoms with Crippen molar-refractivity contribution in [2.75, 3.05) is 26.8 Å². The maximum Gasteiger partial charge on any atom is 0.416 e. The molecular weight excluding hydrogens is 621 g/mol. The van der Waals surface area contributed by atoms with Gasteiger partial charge in [-0.15, -0.1) is 0 Å². The van der Waals surface area contributed by atoms with Crippen LogP contribution in [-0.2, 0) is 27.4 Å². The van der Waals surface area contributed by atoms with Gasteiger partial charge in [0, 0.05) is 25.1 Å². The van der Waals surface area contributed by atoms with Gasteiger partial charge in [-0.3, -0.25) is 9.59 Å². The van der Waals surface area contributed by atoms with Gasteiger partial charge >= 0.3 is 12.4 Å². The lowest BCUT2D eigenvalue weighted by molar-refractivity contribution is -0.144. The lowest BCUT2D eigenvalue weighted by Gasteiger charge is -2.33. The van der Waals surface area contributed by atoms with Crippen LogP contribution in [0.1, 0.15) is 48.6 Å². The maximum absolute atomic E-state index is 14.1. The van der Waals surface area contributed by atoms with E-state index in [-0.39, 0.29) is 23.9 Å². The Balaban J connectivity index is 2.27. The zero-order valence-corrected chi connectivity index (χ0v) is 25.8. The summed E-state index contributed by atoms with van der Waals surface area (Å²) < 4.78 is 95.9. The fraction of sp³-hybridized carbons (Fsp3) is 0.394. The molecule has 0 bridgehead atoms. The van der Waals surface area contributed by atoms with Crippen molar-refractivity contribution in [3.05, 3.63) is 100 Å². The summed E-state index contributed by atoms with van der Waals surface area (Å²) in [6.07, 6.45) is -7.44. The van der Waals surface area contributed by atoms with E-state index < -0.39 is 76.6 Å². The Labute approximate surface area is 261 Å². The standard InChI is InChI=1S/C33H35F7N2O4/c1-7-27(42(6)29(46)30(4,5)20-12-21(32(35,36)37)14-22(13-20)33(38,39)40)25(24-9-8-23(34)10-18(24)2)11-19(3)26-15-41-28(45)31(26,16-43)17-44/h7-14,26,43-44H,1,15-17H2,2-6H3,(H,41,45)/b19-11+,27-25-. The van der Waals surface area contributed by atoms with Gasteiger partial charge in [0.25, 0.3) is 0 Å². The number of hydrogen-bond donors (Lipinski definition) is 3. The molecule has 0 aliphatic carbocycles. The number of halogens is 7. The Morgan fingerprint density at radius 2 is 1.54 bits per heavy atom. The minimum absolute atomic E-state index is 0.0206. The maximum atomic E-state index is 14.1. The van der Waals surface area contributed by atoms with Crippen LogP contribution in [0.2, 0.25) is 0 Å². The molecule has 0 aromatic heterocycles. The first-order valence-electron chi connectivity index (χ1n) is 14.0. The van der Waals surface area contributed by atoms with Crippen LogP contribution < -0.4 is 5.32 Å². The molecule has 3 rings (SSSR count). The van der Waals surface area contributed by atoms with E-state index in [1.54, 1.807) is 19.9 Å². The monoisotopic (exact) mass is 656 g/mol. The average molecular weight is 657 g/mol. The van der Waals surface area contributed by atoms with Gasteiger partial charge in [0.05, 0.1) is 35.5 Å². The van der Waals surface area contributed by atoms with E-state index in [2.05, 4.69) is 11.9 Å². The number of rotatable bonds is 9. The molecule has 0 radical (unpaired) electrons. The molecule has 1 aliphatic rings. The molecule has 1 fully saturated rings. The molecule has 1 heterocycles. The Hall–Kier alpha value is -3.97. The number of aliphatic hydroxyl groups excluding tert-OH is 2. The molecule has 3 N–H and O–H groups in total. The second-order valence-corrected chi connectivity index (χ2v) is 11.9. The van der Waals surface area contributed by atoms with Gasteiger partial charge < -0.3 is 20.4 Å². The molecule has 1 atom stereocenters. The van der Waals surface area contributed by atoms with Crippen molar-refractivity contribution < 1.29 is 50.5 Å². The summed E-state index contributed by atoms with van der Waals surface area (Å²) in [4.78, 5) is 27.7. The first kappa shape index (κ1) is 36.5. The second kappa shape index (κ2) is 13.0. The highest BCUT2D eigenvalue weighted by molar-refractivity contribution is 5.92. The predicted molar refractivity (Wildman–Crippen MR) is 157 cm³/mol. The topological polar surface area (TPSA) is 89.9 Å². The van der Waals surface area contributed by atoms with Gasteiger partial charge in [0.15, 0.2) is 0 Å². The van der Waals surface area contributed by atoms with Crippen molar-refractivity contribution in [3.8, 4) is 0 Å². The van der Waals surface area contributed by atoms with Crippen LogP contribution in [0.4, 0.5) is 30.7 Å². The number of allylic oxidation sites excluding steroid dienone is 3. The third kappa shape index (κ3) is 6.90. The number of likely N-dealkylation sites (N-methyl/N-ethyl adjacent to an activating group) is 1. The highest BCUT2D eigenvalue weighted by atomic mass is 19.4. The lowest BCUT2D eigenvalue weighted by Crippen LogP contribution is -2.42. The molecule has 250 valence electrons. The molecule has 0 spiro atoms. The van der Waals surface area contributed by atoms with Gasteiger partial charge in [-0.2, -0.15) is 26.3 Å². The Morgan fingerprint density at radius 3 is 2.00 bits per heavy atom. The number of carbonyl (C=O) groups excluding carboxylic acids is 2. The van der Waals surface area contributed by atoms with E-state index in [0.717, 1.165) is 11.0 Å². The second-order valence-electron chi connectivity index (χ2n) is 11.9. The number of aryl methyl sites for hydroxylation is 1. The summed E-state index contributed by atoms with van der Waals surface area (Å²) in [6.45, 7) is 8.07. The summed E-state index contributed by atoms with van der Waals surface area (Å²) in [7, 11) is 1.27. The molecule has 13 heteroatoms. The van der Waals surface area contributed by atoms with Crippen LogP contribution in [0, 0.1) is 24.1 Å². The number of aliphatic hydroxyl groups is 2. The van der Waals surface area contributed by atoms with Gasteiger partial charge in [-0.25, -0.2) is 4.39 Å². The number of amides is 2. The fourth-order valence-electron chi connectivity index (χ4n) is 5.68. The van der Waals surface area contributed by atoms with E-state index in [9.17, 15) is 50.5 Å². The Kier molecular flexibility index (Phi) is 10.3. The molecule has 2 aromatic carbocycles. The third-order valence-corrected chi connectivity index (χ3v) is 8.53. The largest absolute Gasteiger partial charge is 0.416 e. The number of hydrogen-bond acceptors (Lipinski definition) is 4. The Morgan fingerprint density at radius 1 is 1.02 bits per heavy atom. The predicted octanol–water partition coefficient (Wildman–Crippen LogP) is 6.17. The number of nitrogens with one attached hydrogen (secondary N) is 1. The fourth-order valence-corrected chi connectivity index (χ4v) is 5.68. The van der Waals surface area contributed by atoms with Gasteiger partial charge in [0.2, 0.25) is 11.8 Å². The molecule has 46 heavy (non-hydrogen) atoms. The highest BCUT2D eigenvalue weighted by Crippen LogP contribution is 2.41. The zero-order valence-electron chi connectivity index (χ0n) is 25.8. The van der Waals surface area contributed by atoms with E-state index in [0.29, 0.717) is 28.8 Å². The number of carbonyl (C=O) groups is 2. The van der Waals surface area contributed by atoms with Crippen LogP contribution in [-0.4, -0.2) is 53.7 Å². The van der Waals surface area contributed by atoms with Gasteiger partial charge in [0.1, 0.15) is 11.2 Å². The minimum Gasteiger partial charge on any atom is -0.395 e. The minimum atomic E-state index is -5.13. The van der Waals surface area contributed by atoms with Crippen LogP contribution in [0.15, 0.2) is 66.4 Å². The van der Waals surface area contributed by atoms with Crippen molar-refractivity contribution >= 4 is 17.4 Å². The number of nitrogens with zero attached hydrogens (tertiary/aromatic N) is 1.